The van der Waals surface area contributed by atoms with Crippen molar-refractivity contribution in [2.75, 3.05) is 25.1 Å². The largest absolute Gasteiger partial charge is 0.496 e. The molecule has 3 rings (SSSR count). The molecule has 0 aliphatic carbocycles. The molecule has 1 aromatic carbocycles. The van der Waals surface area contributed by atoms with Crippen LogP contribution in [0.2, 0.25) is 0 Å². The maximum Gasteiger partial charge on any atom is 0.311 e. The summed E-state index contributed by atoms with van der Waals surface area (Å²) in [5.74, 6) is 0.432. The minimum absolute atomic E-state index is 0.0301. The van der Waals surface area contributed by atoms with E-state index in [0.717, 1.165) is 5.56 Å². The number of nitrogens with one attached hydrogen (secondary N) is 2. The van der Waals surface area contributed by atoms with Gasteiger partial charge in [-0.2, -0.15) is 0 Å². The lowest BCUT2D eigenvalue weighted by atomic mass is 10.0. The molecule has 2 N–H and O–H groups in total. The van der Waals surface area contributed by atoms with Crippen molar-refractivity contribution < 1.29 is 19.2 Å². The fourth-order valence-electron chi connectivity index (χ4n) is 3.86. The number of carbonyl (C=O) groups is 2. The van der Waals surface area contributed by atoms with Crippen molar-refractivity contribution in [2.24, 2.45) is 0 Å². The van der Waals surface area contributed by atoms with Crippen LogP contribution in [0.5, 0.6) is 5.75 Å². The predicted molar refractivity (Wildman–Crippen MR) is 119 cm³/mol. The predicted octanol–water partition coefficient (Wildman–Crippen LogP) is 1.83. The van der Waals surface area contributed by atoms with Crippen molar-refractivity contribution in [1.29, 1.82) is 0 Å². The first-order valence-electron chi connectivity index (χ1n) is 10.4. The summed E-state index contributed by atoms with van der Waals surface area (Å²) >= 11 is 0. The van der Waals surface area contributed by atoms with E-state index in [-0.39, 0.29) is 23.5 Å². The average Bonchev–Trinajstić information content (AvgIpc) is 2.79. The minimum Gasteiger partial charge on any atom is -0.496 e. The summed E-state index contributed by atoms with van der Waals surface area (Å²) < 4.78 is 5.36. The molecule has 32 heavy (non-hydrogen) atoms. The molecule has 1 aromatic heterocycles. The Balaban J connectivity index is 1.63. The third-order valence-electron chi connectivity index (χ3n) is 5.41. The van der Waals surface area contributed by atoms with Crippen molar-refractivity contribution in [3.8, 4) is 5.75 Å². The highest BCUT2D eigenvalue weighted by Crippen LogP contribution is 2.27. The van der Waals surface area contributed by atoms with Crippen LogP contribution in [-0.4, -0.2) is 54.0 Å². The Hall–Kier alpha value is -3.69. The summed E-state index contributed by atoms with van der Waals surface area (Å²) in [6.45, 7) is 2.43. The molecule has 2 heterocycles. The molecule has 1 unspecified atom stereocenters. The number of rotatable bonds is 8. The van der Waals surface area contributed by atoms with Gasteiger partial charge in [0.1, 0.15) is 11.8 Å². The fourth-order valence-corrected chi connectivity index (χ4v) is 3.86. The number of benzene rings is 1. The highest BCUT2D eigenvalue weighted by Gasteiger charge is 2.29. The summed E-state index contributed by atoms with van der Waals surface area (Å²) in [6, 6.07) is 9.51. The molecule has 0 spiro atoms. The Morgan fingerprint density at radius 3 is 2.62 bits per heavy atom. The zero-order valence-corrected chi connectivity index (χ0v) is 18.1. The van der Waals surface area contributed by atoms with Crippen molar-refractivity contribution in [1.82, 2.24) is 15.6 Å². The number of aromatic nitrogens is 1. The molecule has 1 aliphatic rings. The van der Waals surface area contributed by atoms with Crippen LogP contribution >= 0.6 is 0 Å². The van der Waals surface area contributed by atoms with Crippen LogP contribution in [0.15, 0.2) is 42.6 Å². The van der Waals surface area contributed by atoms with E-state index in [2.05, 4.69) is 15.6 Å². The van der Waals surface area contributed by atoms with Gasteiger partial charge in [0.05, 0.1) is 12.0 Å². The number of amides is 2. The first kappa shape index (κ1) is 23.0. The molecule has 1 aliphatic heterocycles. The molecule has 10 heteroatoms. The Labute approximate surface area is 186 Å². The maximum absolute atomic E-state index is 13.0. The van der Waals surface area contributed by atoms with Crippen LogP contribution in [0, 0.1) is 10.1 Å². The van der Waals surface area contributed by atoms with Crippen LogP contribution in [0.1, 0.15) is 25.3 Å². The Morgan fingerprint density at radius 1 is 1.25 bits per heavy atom. The van der Waals surface area contributed by atoms with E-state index in [1.807, 2.05) is 29.2 Å². The van der Waals surface area contributed by atoms with Gasteiger partial charge in [-0.25, -0.2) is 4.98 Å². The highest BCUT2D eigenvalue weighted by molar-refractivity contribution is 5.87. The van der Waals surface area contributed by atoms with Crippen LogP contribution in [0.4, 0.5) is 11.5 Å². The maximum atomic E-state index is 13.0. The topological polar surface area (TPSA) is 127 Å². The molecule has 1 atom stereocenters. The number of methoxy groups -OCH3 is 1. The fraction of sp³-hybridized carbons (Fsp3) is 0.409. The van der Waals surface area contributed by atoms with Crippen molar-refractivity contribution in [3.63, 3.8) is 0 Å². The van der Waals surface area contributed by atoms with Gasteiger partial charge < -0.3 is 20.3 Å². The molecular formula is C22H27N5O5. The van der Waals surface area contributed by atoms with Crippen LogP contribution in [0.3, 0.4) is 0 Å². The lowest BCUT2D eigenvalue weighted by Crippen LogP contribution is -2.52. The van der Waals surface area contributed by atoms with Crippen molar-refractivity contribution in [2.45, 2.75) is 38.3 Å². The lowest BCUT2D eigenvalue weighted by Gasteiger charge is -2.33. The van der Waals surface area contributed by atoms with Gasteiger partial charge in [0.2, 0.25) is 17.6 Å². The number of carbonyl (C=O) groups excluding carboxylic acids is 2. The number of hydrogen-bond donors (Lipinski definition) is 2. The van der Waals surface area contributed by atoms with E-state index >= 15 is 0 Å². The quantitative estimate of drug-likeness (QED) is 0.473. The molecule has 2 aromatic rings. The molecule has 2 amide bonds. The molecular weight excluding hydrogens is 414 g/mol. The summed E-state index contributed by atoms with van der Waals surface area (Å²) in [5, 5.41) is 17.0. The standard InChI is InChI=1S/C22H27N5O5/c1-15(28)24-18(14-16-6-3-4-8-20(16)32-2)22(29)25-17-9-12-26(13-10-17)21-19(27(30)31)7-5-11-23-21/h3-8,11,17-18H,9-10,12-14H2,1-2H3,(H,24,28)(H,25,29). The molecule has 0 saturated carbocycles. The Bertz CT molecular complexity index is 975. The molecule has 1 saturated heterocycles. The zero-order chi connectivity index (χ0) is 23.1. The molecule has 0 radical (unpaired) electrons. The lowest BCUT2D eigenvalue weighted by molar-refractivity contribution is -0.384. The summed E-state index contributed by atoms with van der Waals surface area (Å²) in [5.41, 5.74) is 0.790. The van der Waals surface area contributed by atoms with Gasteiger partial charge in [0.25, 0.3) is 0 Å². The number of piperidine rings is 1. The zero-order valence-electron chi connectivity index (χ0n) is 18.1. The van der Waals surface area contributed by atoms with E-state index in [1.165, 1.54) is 19.2 Å². The number of nitrogens with zero attached hydrogens (tertiary/aromatic N) is 3. The second-order valence-electron chi connectivity index (χ2n) is 7.64. The Kier molecular flexibility index (Phi) is 7.58. The van der Waals surface area contributed by atoms with Gasteiger partial charge in [-0.05, 0) is 30.5 Å². The van der Waals surface area contributed by atoms with E-state index < -0.39 is 11.0 Å². The molecule has 0 bridgehead atoms. The third-order valence-corrected chi connectivity index (χ3v) is 5.41. The number of pyridine rings is 1. The average molecular weight is 441 g/mol. The monoisotopic (exact) mass is 441 g/mol. The third kappa shape index (κ3) is 5.71. The highest BCUT2D eigenvalue weighted by atomic mass is 16.6. The number of para-hydroxylation sites is 1. The van der Waals surface area contributed by atoms with E-state index in [1.54, 1.807) is 13.2 Å². The molecule has 170 valence electrons. The SMILES string of the molecule is COc1ccccc1CC(NC(C)=O)C(=O)NC1CCN(c2ncccc2[N+](=O)[O-])CC1. The first-order chi connectivity index (χ1) is 15.4. The van der Waals surface area contributed by atoms with Crippen molar-refractivity contribution >= 4 is 23.3 Å². The summed E-state index contributed by atoms with van der Waals surface area (Å²) in [4.78, 5) is 41.5. The van der Waals surface area contributed by atoms with Gasteiger partial charge >= 0.3 is 5.69 Å². The van der Waals surface area contributed by atoms with Crippen LogP contribution in [0.25, 0.3) is 0 Å². The molecule has 1 fully saturated rings. The Morgan fingerprint density at radius 2 is 1.97 bits per heavy atom. The van der Waals surface area contributed by atoms with Crippen LogP contribution < -0.4 is 20.3 Å². The smallest absolute Gasteiger partial charge is 0.311 e. The van der Waals surface area contributed by atoms with E-state index in [0.29, 0.717) is 43.9 Å². The second kappa shape index (κ2) is 10.6. The van der Waals surface area contributed by atoms with Gasteiger partial charge in [0, 0.05) is 44.7 Å². The minimum atomic E-state index is -0.737. The number of anilines is 1. The molecule has 10 nitrogen and oxygen atoms in total. The van der Waals surface area contributed by atoms with Crippen LogP contribution in [-0.2, 0) is 16.0 Å². The number of hydrogen-bond acceptors (Lipinski definition) is 7. The van der Waals surface area contributed by atoms with E-state index in [9.17, 15) is 19.7 Å². The summed E-state index contributed by atoms with van der Waals surface area (Å²) in [7, 11) is 1.56. The normalized spacial score (nSPS) is 15.0. The number of ether oxygens (including phenoxy) is 1. The first-order valence-corrected chi connectivity index (χ1v) is 10.4. The van der Waals surface area contributed by atoms with Gasteiger partial charge in [-0.1, -0.05) is 18.2 Å². The van der Waals surface area contributed by atoms with Gasteiger partial charge in [-0.3, -0.25) is 19.7 Å². The van der Waals surface area contributed by atoms with E-state index in [4.69, 9.17) is 4.74 Å². The van der Waals surface area contributed by atoms with Gasteiger partial charge in [0.15, 0.2) is 0 Å². The second-order valence-corrected chi connectivity index (χ2v) is 7.64. The van der Waals surface area contributed by atoms with Gasteiger partial charge in [-0.15, -0.1) is 0 Å². The number of nitro groups is 1. The van der Waals surface area contributed by atoms with Crippen molar-refractivity contribution in [3.05, 3.63) is 58.3 Å². The summed E-state index contributed by atoms with van der Waals surface area (Å²) in [6.07, 6.45) is 3.06.